The van der Waals surface area contributed by atoms with E-state index in [1.807, 2.05) is 77.9 Å². The minimum absolute atomic E-state index is 0.0555. The first-order valence-corrected chi connectivity index (χ1v) is 40.2. The fourth-order valence-corrected chi connectivity index (χ4v) is 11.1. The number of unbranched alkanes of at least 4 members (excludes halogenated alkanes) is 2. The van der Waals surface area contributed by atoms with E-state index in [1.165, 1.54) is 67.3 Å². The summed E-state index contributed by atoms with van der Waals surface area (Å²) < 4.78 is 135. The zero-order valence-corrected chi connectivity index (χ0v) is 72.3. The number of hydrogen-bond acceptors (Lipinski definition) is 9. The van der Waals surface area contributed by atoms with E-state index in [9.17, 15) is 49.5 Å². The number of halogens is 8. The van der Waals surface area contributed by atoms with E-state index >= 15 is 0 Å². The second kappa shape index (κ2) is 51.6. The fraction of sp³-hybridized carbons (Fsp3) is 0.531. The number of rotatable bonds is 30. The fourth-order valence-electron chi connectivity index (χ4n) is 11.1. The summed E-state index contributed by atoms with van der Waals surface area (Å²) in [5.74, 6) is -1.47. The Balaban J connectivity index is 0.000000448. The molecule has 0 bridgehead atoms. The number of aryl methyl sites for hydroxylation is 2. The van der Waals surface area contributed by atoms with Crippen LogP contribution in [0.4, 0.5) is 35.1 Å². The summed E-state index contributed by atoms with van der Waals surface area (Å²) in [5.41, 5.74) is 12.1. The van der Waals surface area contributed by atoms with Gasteiger partial charge in [0, 0.05) is 19.3 Å². The van der Waals surface area contributed by atoms with Crippen molar-refractivity contribution in [2.45, 2.75) is 270 Å². The second-order valence-corrected chi connectivity index (χ2v) is 33.2. The van der Waals surface area contributed by atoms with Gasteiger partial charge in [0.15, 0.2) is 41.3 Å². The molecule has 0 radical (unpaired) electrons. The number of carbonyl (C=O) groups is 3. The summed E-state index contributed by atoms with van der Waals surface area (Å²) in [6, 6.07) is 39.3. The van der Waals surface area contributed by atoms with Crippen LogP contribution < -0.4 is 14.2 Å². The van der Waals surface area contributed by atoms with Crippen molar-refractivity contribution in [1.82, 2.24) is 0 Å². The van der Waals surface area contributed by atoms with Gasteiger partial charge in [-0.05, 0) is 226 Å². The third-order valence-corrected chi connectivity index (χ3v) is 18.6. The smallest absolute Gasteiger partial charge is 0.343 e. The van der Waals surface area contributed by atoms with Gasteiger partial charge in [0.2, 0.25) is 0 Å². The molecule has 1 unspecified atom stereocenters. The first kappa shape index (κ1) is 101. The van der Waals surface area contributed by atoms with Gasteiger partial charge in [-0.1, -0.05) is 231 Å². The van der Waals surface area contributed by atoms with Crippen molar-refractivity contribution >= 4 is 17.9 Å². The summed E-state index contributed by atoms with van der Waals surface area (Å²) in [7, 11) is 4.04. The van der Waals surface area contributed by atoms with Crippen molar-refractivity contribution in [2.75, 3.05) is 41.2 Å². The summed E-state index contributed by atoms with van der Waals surface area (Å²) in [6.45, 7) is 44.1. The van der Waals surface area contributed by atoms with Crippen molar-refractivity contribution in [3.05, 3.63) is 230 Å². The molecular weight excluding hydrogens is 1450 g/mol. The molecule has 0 aliphatic heterocycles. The van der Waals surface area contributed by atoms with E-state index in [2.05, 4.69) is 142 Å². The molecular formula is C96H134F8O9. The van der Waals surface area contributed by atoms with Crippen molar-refractivity contribution in [3.63, 3.8) is 0 Å². The first-order valence-electron chi connectivity index (χ1n) is 40.2. The molecule has 628 valence electrons. The van der Waals surface area contributed by atoms with Gasteiger partial charge < -0.3 is 28.4 Å². The lowest BCUT2D eigenvalue weighted by Gasteiger charge is -2.19. The lowest BCUT2D eigenvalue weighted by atomic mass is 9.86. The maximum atomic E-state index is 13.6. The monoisotopic (exact) mass is 1580 g/mol. The van der Waals surface area contributed by atoms with Gasteiger partial charge in [0.05, 0.1) is 40.5 Å². The highest BCUT2D eigenvalue weighted by molar-refractivity contribution is 5.71. The predicted molar refractivity (Wildman–Crippen MR) is 445 cm³/mol. The molecule has 1 atom stereocenters. The van der Waals surface area contributed by atoms with Crippen LogP contribution in [0.2, 0.25) is 0 Å². The van der Waals surface area contributed by atoms with Crippen LogP contribution in [0.3, 0.4) is 0 Å². The molecule has 113 heavy (non-hydrogen) atoms. The number of benzene rings is 7. The molecule has 0 saturated heterocycles. The average Bonchev–Trinajstić information content (AvgIpc) is 1.55. The molecule has 0 aromatic heterocycles. The molecule has 1 aliphatic rings. The standard InChI is InChI=1S/C16H24O2.C14H19FO3.2C14H21F.C13H15F3O.C13H19F.C12H15FO3/c1-13(2)15-10-7-9-14(12-15)8-5-4-6-11-16(17)18-3;1-10(2)11-6-7-12(15)13(9-11)18-8-4-5-14(16)17-3;1-10(2)11-6-7-13(15)12(8-11)9-14(3,4)5;1-10(2)5-6-13-9-12(11(3)4)7-8-14(13)15;1-8(2)9-3-4-11(14)12(5-9)17-7-10-6-13(10,15)16;1-9(2)7-12-8-11(10(3)4)5-6-13(12)14;1-8(2)9-4-5-10(13)11(6-9)16-7-12(14)15-3/h7,9-10,12-13H,4-6,8,11H2,1-3H3;6-7,9-10H,4-5,8H2,1-3H3;6-8,10H,9H2,1-5H3;7-11H,5-6H2,1-4H3;3-5,8,10H,6-7H2,1-2H3;5-6,8-10H,7H2,1-4H3;4-6,8H,7H2,1-3H3. The predicted octanol–water partition coefficient (Wildman–Crippen LogP) is 27.1. The maximum Gasteiger partial charge on any atom is 0.343 e. The van der Waals surface area contributed by atoms with Crippen molar-refractivity contribution in [2.24, 2.45) is 23.2 Å². The van der Waals surface area contributed by atoms with Crippen LogP contribution in [0.1, 0.15) is 299 Å². The molecule has 1 aliphatic carbocycles. The molecule has 1 saturated carbocycles. The molecule has 8 rings (SSSR count). The van der Waals surface area contributed by atoms with Crippen LogP contribution in [0, 0.1) is 58.1 Å². The Bertz CT molecular complexity index is 3930. The number of carbonyl (C=O) groups excluding carboxylic acids is 3. The third kappa shape index (κ3) is 41.1. The van der Waals surface area contributed by atoms with E-state index in [1.54, 1.807) is 54.6 Å². The lowest BCUT2D eigenvalue weighted by Crippen LogP contribution is -2.13. The summed E-state index contributed by atoms with van der Waals surface area (Å²) >= 11 is 0. The zero-order valence-electron chi connectivity index (χ0n) is 72.3. The Labute approximate surface area is 673 Å². The molecule has 0 amide bonds. The van der Waals surface area contributed by atoms with E-state index in [4.69, 9.17) is 14.2 Å². The second-order valence-electron chi connectivity index (χ2n) is 33.2. The topological polar surface area (TPSA) is 107 Å². The van der Waals surface area contributed by atoms with E-state index in [0.717, 1.165) is 84.7 Å². The molecule has 0 heterocycles. The Morgan fingerprint density at radius 2 is 0.761 bits per heavy atom. The first-order chi connectivity index (χ1) is 52.9. The van der Waals surface area contributed by atoms with Gasteiger partial charge in [-0.2, -0.15) is 0 Å². The van der Waals surface area contributed by atoms with Crippen LogP contribution in [0.15, 0.2) is 133 Å². The highest BCUT2D eigenvalue weighted by atomic mass is 19.3. The Kier molecular flexibility index (Phi) is 46.1. The van der Waals surface area contributed by atoms with Gasteiger partial charge in [-0.25, -0.2) is 39.9 Å². The molecule has 17 heteroatoms. The van der Waals surface area contributed by atoms with Crippen molar-refractivity contribution < 1.29 is 77.9 Å². The van der Waals surface area contributed by atoms with Crippen molar-refractivity contribution in [3.8, 4) is 17.2 Å². The average molecular weight is 1580 g/mol. The molecule has 9 nitrogen and oxygen atoms in total. The summed E-state index contributed by atoms with van der Waals surface area (Å²) in [4.78, 5) is 32.7. The number of hydrogen-bond donors (Lipinski definition) is 0. The van der Waals surface area contributed by atoms with Crippen molar-refractivity contribution in [1.29, 1.82) is 0 Å². The molecule has 1 fully saturated rings. The van der Waals surface area contributed by atoms with Crippen LogP contribution in [-0.2, 0) is 54.3 Å². The largest absolute Gasteiger partial charge is 0.490 e. The number of methoxy groups -OCH3 is 3. The van der Waals surface area contributed by atoms with E-state index < -0.39 is 29.4 Å². The minimum atomic E-state index is -2.62. The minimum Gasteiger partial charge on any atom is -0.490 e. The molecule has 0 spiro atoms. The quantitative estimate of drug-likeness (QED) is 0.0188. The lowest BCUT2D eigenvalue weighted by molar-refractivity contribution is -0.143. The summed E-state index contributed by atoms with van der Waals surface area (Å²) in [5, 5.41) is 0. The number of ether oxygens (including phenoxy) is 6. The molecule has 7 aromatic rings. The highest BCUT2D eigenvalue weighted by Crippen LogP contribution is 2.49. The number of alkyl halides is 2. The van der Waals surface area contributed by atoms with Crippen LogP contribution in [0.25, 0.3) is 0 Å². The Morgan fingerprint density at radius 3 is 1.16 bits per heavy atom. The SMILES string of the molecule is CC(C)CCc1cc(C(C)C)ccc1F.CC(C)Cc1cc(C(C)C)ccc1F.CC(C)c1ccc(F)c(CC(C)(C)C)c1.CC(C)c1ccc(F)c(OCC2CC2(F)F)c1.COC(=O)CCCCCc1cccc(C(C)C)c1.COC(=O)CCCOc1cc(C(C)C)ccc1F.COC(=O)COc1cc(C(C)C)ccc1F. The van der Waals surface area contributed by atoms with E-state index in [0.29, 0.717) is 60.9 Å². The zero-order chi connectivity index (χ0) is 85.5. The number of esters is 3. The van der Waals surface area contributed by atoms with Gasteiger partial charge in [-0.15, -0.1) is 0 Å². The van der Waals surface area contributed by atoms with Crippen LogP contribution >= 0.6 is 0 Å². The van der Waals surface area contributed by atoms with Gasteiger partial charge in [0.25, 0.3) is 5.92 Å². The Morgan fingerprint density at radius 1 is 0.398 bits per heavy atom. The highest BCUT2D eigenvalue weighted by Gasteiger charge is 2.57. The Hall–Kier alpha value is -8.21. The van der Waals surface area contributed by atoms with Crippen LogP contribution in [0.5, 0.6) is 17.2 Å². The molecule has 7 aromatic carbocycles. The van der Waals surface area contributed by atoms with Gasteiger partial charge in [0.1, 0.15) is 17.5 Å². The van der Waals surface area contributed by atoms with E-state index in [-0.39, 0.29) is 95.8 Å². The maximum absolute atomic E-state index is 13.6. The van der Waals surface area contributed by atoms with Gasteiger partial charge >= 0.3 is 17.9 Å². The third-order valence-electron chi connectivity index (χ3n) is 18.6. The van der Waals surface area contributed by atoms with Crippen LogP contribution in [-0.4, -0.2) is 65.0 Å². The normalized spacial score (nSPS) is 12.6. The van der Waals surface area contributed by atoms with Gasteiger partial charge in [-0.3, -0.25) is 9.59 Å². The molecule has 0 N–H and O–H groups in total. The summed E-state index contributed by atoms with van der Waals surface area (Å²) in [6.07, 6.45) is 8.95.